The molecule has 0 fully saturated rings. The second-order valence-corrected chi connectivity index (χ2v) is 13.7. The second kappa shape index (κ2) is 16.0. The van der Waals surface area contributed by atoms with E-state index in [2.05, 4.69) is 21.3 Å². The van der Waals surface area contributed by atoms with Crippen molar-refractivity contribution in [3.63, 3.8) is 0 Å². The van der Waals surface area contributed by atoms with E-state index in [0.29, 0.717) is 32.9 Å². The van der Waals surface area contributed by atoms with Crippen molar-refractivity contribution < 1.29 is 37.5 Å². The monoisotopic (exact) mass is 714 g/mol. The highest BCUT2D eigenvalue weighted by Crippen LogP contribution is 2.32. The number of methoxy groups -OCH3 is 2. The molecule has 14 heteroatoms. The number of ether oxygens (including phenoxy) is 2. The molecule has 2 aromatic heterocycles. The van der Waals surface area contributed by atoms with Crippen molar-refractivity contribution in [2.75, 3.05) is 35.5 Å². The third-order valence-electron chi connectivity index (χ3n) is 6.67. The zero-order chi connectivity index (χ0) is 36.7. The number of hydrogen-bond acceptors (Lipinski definition) is 8. The first-order chi connectivity index (χ1) is 22.8. The number of carbonyl (C=O) groups excluding carboxylic acids is 4. The van der Waals surface area contributed by atoms with E-state index in [1.54, 1.807) is 36.4 Å². The number of urea groups is 2. The van der Waals surface area contributed by atoms with Crippen LogP contribution in [0.3, 0.4) is 0 Å². The van der Waals surface area contributed by atoms with Gasteiger partial charge >= 0.3 is 24.0 Å². The van der Waals surface area contributed by atoms with Crippen molar-refractivity contribution in [3.8, 4) is 0 Å². The predicted molar refractivity (Wildman–Crippen MR) is 190 cm³/mol. The summed E-state index contributed by atoms with van der Waals surface area (Å²) in [4.78, 5) is 48.1. The van der Waals surface area contributed by atoms with Crippen LogP contribution >= 0.6 is 23.2 Å². The first-order valence-corrected chi connectivity index (χ1v) is 15.7. The number of rotatable bonds is 6. The lowest BCUT2D eigenvalue weighted by Crippen LogP contribution is -2.20. The molecular formula is C35H40Cl2N4O8. The molecule has 0 unspecified atom stereocenters. The van der Waals surface area contributed by atoms with Crippen LogP contribution in [0.1, 0.15) is 79.7 Å². The Labute approximate surface area is 294 Å². The fraction of sp³-hybridized carbons (Fsp3) is 0.314. The van der Waals surface area contributed by atoms with Gasteiger partial charge in [0.15, 0.2) is 0 Å². The third-order valence-corrected chi connectivity index (χ3v) is 7.41. The molecule has 0 bridgehead atoms. The maximum atomic E-state index is 12.2. The Hall–Kier alpha value is -4.94. The average molecular weight is 716 g/mol. The lowest BCUT2D eigenvalue weighted by Gasteiger charge is -2.13. The number of benzene rings is 2. The van der Waals surface area contributed by atoms with Crippen LogP contribution in [0.25, 0.3) is 0 Å². The van der Waals surface area contributed by atoms with Crippen LogP contribution in [0.4, 0.5) is 32.3 Å². The van der Waals surface area contributed by atoms with Crippen LogP contribution in [-0.2, 0) is 20.3 Å². The predicted octanol–water partition coefficient (Wildman–Crippen LogP) is 9.63. The van der Waals surface area contributed by atoms with Gasteiger partial charge in [-0.3, -0.25) is 0 Å². The molecule has 0 aliphatic heterocycles. The van der Waals surface area contributed by atoms with Crippen LogP contribution in [-0.4, -0.2) is 38.2 Å². The Kier molecular flexibility index (Phi) is 12.6. The minimum Gasteiger partial charge on any atom is -0.463 e. The number of hydrogen-bond donors (Lipinski definition) is 4. The molecular weight excluding hydrogens is 675 g/mol. The molecule has 4 aromatic rings. The van der Waals surface area contributed by atoms with Gasteiger partial charge in [0.05, 0.1) is 35.6 Å². The van der Waals surface area contributed by atoms with Gasteiger partial charge in [-0.2, -0.15) is 0 Å². The molecule has 2 aromatic carbocycles. The van der Waals surface area contributed by atoms with Gasteiger partial charge in [-0.05, 0) is 37.3 Å². The number of aryl methyl sites for hydroxylation is 1. The van der Waals surface area contributed by atoms with Gasteiger partial charge in [0.1, 0.15) is 11.5 Å². The number of furan rings is 2. The lowest BCUT2D eigenvalue weighted by atomic mass is 9.93. The molecule has 4 amide bonds. The Balaban J connectivity index is 0.000000266. The van der Waals surface area contributed by atoms with E-state index in [-0.39, 0.29) is 33.7 Å². The van der Waals surface area contributed by atoms with E-state index in [1.165, 1.54) is 20.3 Å². The SMILES string of the molecule is COC(=O)c1oc(C(C)(C)C)cc1NC(=O)Nc1ccc(C)cc1.COC(=O)c1oc(C(C)(C)C)cc1NC(=O)Nc1ccc(Cl)c(Cl)c1. The summed E-state index contributed by atoms with van der Waals surface area (Å²) >= 11 is 11.8. The zero-order valence-electron chi connectivity index (χ0n) is 28.7. The molecule has 4 N–H and O–H groups in total. The lowest BCUT2D eigenvalue weighted by molar-refractivity contribution is 0.0554. The molecule has 49 heavy (non-hydrogen) atoms. The number of halogens is 2. The molecule has 0 aliphatic rings. The number of amides is 4. The summed E-state index contributed by atoms with van der Waals surface area (Å²) in [5.41, 5.74) is 2.03. The summed E-state index contributed by atoms with van der Waals surface area (Å²) in [6.07, 6.45) is 0. The highest BCUT2D eigenvalue weighted by Gasteiger charge is 2.28. The summed E-state index contributed by atoms with van der Waals surface area (Å²) in [5, 5.41) is 11.2. The molecule has 0 saturated heterocycles. The Morgan fingerprint density at radius 3 is 1.39 bits per heavy atom. The first-order valence-electron chi connectivity index (χ1n) is 14.9. The van der Waals surface area contributed by atoms with E-state index >= 15 is 0 Å². The maximum Gasteiger partial charge on any atom is 0.376 e. The standard InChI is InChI=1S/C18H22N2O4.C17H18Cl2N2O4/c1-11-6-8-12(9-7-11)19-17(22)20-13-10-14(18(2,3)4)24-15(13)16(21)23-5;1-17(2,3)13-8-12(14(25-13)15(22)24-4)21-16(23)20-9-5-6-10(18)11(19)7-9/h6-10H,1-5H3,(H2,19,20,22);5-8H,1-4H3,(H2,20,21,23). The average Bonchev–Trinajstić information content (AvgIpc) is 3.64. The van der Waals surface area contributed by atoms with Crippen LogP contribution in [0.5, 0.6) is 0 Å². The summed E-state index contributed by atoms with van der Waals surface area (Å²) in [6, 6.07) is 14.3. The Morgan fingerprint density at radius 2 is 1.00 bits per heavy atom. The van der Waals surface area contributed by atoms with E-state index in [0.717, 1.165) is 5.56 Å². The zero-order valence-corrected chi connectivity index (χ0v) is 30.2. The van der Waals surface area contributed by atoms with E-state index in [9.17, 15) is 19.2 Å². The largest absolute Gasteiger partial charge is 0.463 e. The normalized spacial score (nSPS) is 11.1. The third kappa shape index (κ3) is 10.8. The minimum absolute atomic E-state index is 0.0264. The molecule has 0 atom stereocenters. The smallest absolute Gasteiger partial charge is 0.376 e. The van der Waals surface area contributed by atoms with Gasteiger partial charge in [-0.25, -0.2) is 19.2 Å². The summed E-state index contributed by atoms with van der Waals surface area (Å²) in [6.45, 7) is 13.6. The van der Waals surface area contributed by atoms with Gasteiger partial charge < -0.3 is 39.6 Å². The number of carbonyl (C=O) groups is 4. The van der Waals surface area contributed by atoms with Crippen molar-refractivity contribution in [1.29, 1.82) is 0 Å². The van der Waals surface area contributed by atoms with Crippen molar-refractivity contribution in [3.05, 3.63) is 93.2 Å². The highest BCUT2D eigenvalue weighted by atomic mass is 35.5. The van der Waals surface area contributed by atoms with Crippen LogP contribution in [0, 0.1) is 6.92 Å². The molecule has 0 radical (unpaired) electrons. The quantitative estimate of drug-likeness (QED) is 0.144. The molecule has 4 rings (SSSR count). The molecule has 0 saturated carbocycles. The van der Waals surface area contributed by atoms with Crippen LogP contribution < -0.4 is 21.3 Å². The molecule has 0 spiro atoms. The molecule has 0 aliphatic carbocycles. The number of anilines is 4. The van der Waals surface area contributed by atoms with Gasteiger partial charge in [0.25, 0.3) is 0 Å². The van der Waals surface area contributed by atoms with E-state index in [1.807, 2.05) is 60.6 Å². The number of nitrogens with one attached hydrogen (secondary N) is 4. The van der Waals surface area contributed by atoms with Gasteiger partial charge in [0, 0.05) is 34.3 Å². The molecule has 2 heterocycles. The summed E-state index contributed by atoms with van der Waals surface area (Å²) in [7, 11) is 2.50. The topological polar surface area (TPSA) is 161 Å². The fourth-order valence-electron chi connectivity index (χ4n) is 3.98. The second-order valence-electron chi connectivity index (χ2n) is 12.8. The van der Waals surface area contributed by atoms with Crippen molar-refractivity contribution in [1.82, 2.24) is 0 Å². The summed E-state index contributed by atoms with van der Waals surface area (Å²) < 4.78 is 20.6. The maximum absolute atomic E-state index is 12.2. The molecule has 262 valence electrons. The molecule has 12 nitrogen and oxygen atoms in total. The fourth-order valence-corrected chi connectivity index (χ4v) is 4.27. The summed E-state index contributed by atoms with van der Waals surface area (Å²) in [5.74, 6) is -0.305. The van der Waals surface area contributed by atoms with Crippen LogP contribution in [0.2, 0.25) is 10.0 Å². The van der Waals surface area contributed by atoms with Crippen LogP contribution in [0.15, 0.2) is 63.4 Å². The highest BCUT2D eigenvalue weighted by molar-refractivity contribution is 6.42. The van der Waals surface area contributed by atoms with Crippen molar-refractivity contribution in [2.45, 2.75) is 59.3 Å². The van der Waals surface area contributed by atoms with Crippen molar-refractivity contribution in [2.24, 2.45) is 0 Å². The van der Waals surface area contributed by atoms with E-state index < -0.39 is 24.0 Å². The van der Waals surface area contributed by atoms with Gasteiger partial charge in [0.2, 0.25) is 11.5 Å². The van der Waals surface area contributed by atoms with Crippen molar-refractivity contribution >= 4 is 70.0 Å². The van der Waals surface area contributed by atoms with Gasteiger partial charge in [-0.1, -0.05) is 82.4 Å². The number of esters is 2. The minimum atomic E-state index is -0.680. The first kappa shape index (κ1) is 38.5. The van der Waals surface area contributed by atoms with E-state index in [4.69, 9.17) is 41.5 Å². The Morgan fingerprint density at radius 1 is 0.592 bits per heavy atom. The Bertz CT molecular complexity index is 1820. The van der Waals surface area contributed by atoms with Gasteiger partial charge in [-0.15, -0.1) is 0 Å².